The second-order valence-corrected chi connectivity index (χ2v) is 7.95. The Morgan fingerprint density at radius 2 is 1.35 bits per heavy atom. The third-order valence-electron chi connectivity index (χ3n) is 5.90. The van der Waals surface area contributed by atoms with Gasteiger partial charge in [0.1, 0.15) is 11.5 Å². The van der Waals surface area contributed by atoms with E-state index in [9.17, 15) is 9.59 Å². The predicted octanol–water partition coefficient (Wildman–Crippen LogP) is 3.30. The molecule has 3 rings (SSSR count). The van der Waals surface area contributed by atoms with Crippen molar-refractivity contribution in [2.45, 2.75) is 34.1 Å². The number of para-hydroxylation sites is 1. The number of carbonyl (C=O) groups excluding carboxylic acids is 2. The van der Waals surface area contributed by atoms with Gasteiger partial charge >= 0.3 is 0 Å². The summed E-state index contributed by atoms with van der Waals surface area (Å²) in [4.78, 5) is 28.7. The molecular weight excluding hydrogens is 392 g/mol. The molecule has 0 unspecified atom stereocenters. The first kappa shape index (κ1) is 22.7. The van der Waals surface area contributed by atoms with E-state index in [0.717, 1.165) is 40.2 Å². The third-order valence-corrected chi connectivity index (χ3v) is 5.90. The fraction of sp³-hybridized carbons (Fsp3) is 0.440. The normalized spacial score (nSPS) is 13.8. The van der Waals surface area contributed by atoms with Crippen LogP contribution in [0.3, 0.4) is 0 Å². The first-order valence-corrected chi connectivity index (χ1v) is 10.9. The summed E-state index contributed by atoms with van der Waals surface area (Å²) in [7, 11) is 0. The summed E-state index contributed by atoms with van der Waals surface area (Å²) in [5.41, 5.74) is 4.32. The topological polar surface area (TPSA) is 59.1 Å². The standard InChI is InChI=1S/C25H32N2O4/c1-5-21-8-6-7-9-22(21)30-16-23(28)26-12-14-27(15-13-26)24(29)17-31-25-19(3)11-10-18(2)20(25)4/h6-11H,5,12-17H2,1-4H3. The van der Waals surface area contributed by atoms with Gasteiger partial charge in [-0.3, -0.25) is 9.59 Å². The lowest BCUT2D eigenvalue weighted by Gasteiger charge is -2.34. The number of benzene rings is 2. The molecule has 2 aromatic carbocycles. The monoisotopic (exact) mass is 424 g/mol. The first-order chi connectivity index (χ1) is 14.9. The second kappa shape index (κ2) is 10.3. The van der Waals surface area contributed by atoms with E-state index in [4.69, 9.17) is 9.47 Å². The molecule has 0 N–H and O–H groups in total. The molecule has 1 fully saturated rings. The quantitative estimate of drug-likeness (QED) is 0.684. The number of nitrogens with zero attached hydrogens (tertiary/aromatic N) is 2. The van der Waals surface area contributed by atoms with E-state index in [0.29, 0.717) is 26.2 Å². The number of amides is 2. The average Bonchev–Trinajstić information content (AvgIpc) is 2.80. The van der Waals surface area contributed by atoms with Crippen LogP contribution in [-0.4, -0.2) is 61.0 Å². The SMILES string of the molecule is CCc1ccccc1OCC(=O)N1CCN(C(=O)COc2c(C)ccc(C)c2C)CC1. The van der Waals surface area contributed by atoms with Gasteiger partial charge in [0, 0.05) is 26.2 Å². The number of carbonyl (C=O) groups is 2. The highest BCUT2D eigenvalue weighted by atomic mass is 16.5. The van der Waals surface area contributed by atoms with Crippen LogP contribution in [0.5, 0.6) is 11.5 Å². The van der Waals surface area contributed by atoms with Crippen molar-refractivity contribution in [3.05, 3.63) is 58.7 Å². The van der Waals surface area contributed by atoms with Crippen molar-refractivity contribution >= 4 is 11.8 Å². The third kappa shape index (κ3) is 5.57. The van der Waals surface area contributed by atoms with E-state index in [1.165, 1.54) is 0 Å². The highest BCUT2D eigenvalue weighted by Gasteiger charge is 2.25. The maximum Gasteiger partial charge on any atom is 0.260 e. The van der Waals surface area contributed by atoms with E-state index in [2.05, 4.69) is 13.0 Å². The van der Waals surface area contributed by atoms with Gasteiger partial charge in [-0.05, 0) is 55.5 Å². The van der Waals surface area contributed by atoms with Crippen LogP contribution in [0.25, 0.3) is 0 Å². The Bertz CT molecular complexity index is 933. The zero-order valence-electron chi connectivity index (χ0n) is 18.9. The summed E-state index contributed by atoms with van der Waals surface area (Å²) in [6, 6.07) is 11.8. The molecule has 6 nitrogen and oxygen atoms in total. The van der Waals surface area contributed by atoms with Crippen LogP contribution in [0.1, 0.15) is 29.2 Å². The molecule has 1 heterocycles. The van der Waals surface area contributed by atoms with Crippen LogP contribution in [0, 0.1) is 20.8 Å². The van der Waals surface area contributed by atoms with Crippen molar-refractivity contribution in [2.24, 2.45) is 0 Å². The fourth-order valence-electron chi connectivity index (χ4n) is 3.75. The summed E-state index contributed by atoms with van der Waals surface area (Å²) < 4.78 is 11.6. The molecule has 6 heteroatoms. The van der Waals surface area contributed by atoms with E-state index < -0.39 is 0 Å². The van der Waals surface area contributed by atoms with Crippen LogP contribution in [0.15, 0.2) is 36.4 Å². The Hall–Kier alpha value is -3.02. The molecule has 2 amide bonds. The van der Waals surface area contributed by atoms with Crippen molar-refractivity contribution in [3.63, 3.8) is 0 Å². The number of aryl methyl sites for hydroxylation is 3. The number of hydrogen-bond acceptors (Lipinski definition) is 4. The van der Waals surface area contributed by atoms with Gasteiger partial charge in [-0.1, -0.05) is 37.3 Å². The second-order valence-electron chi connectivity index (χ2n) is 7.95. The largest absolute Gasteiger partial charge is 0.483 e. The van der Waals surface area contributed by atoms with Gasteiger partial charge in [0.05, 0.1) is 0 Å². The first-order valence-electron chi connectivity index (χ1n) is 10.9. The van der Waals surface area contributed by atoms with Gasteiger partial charge in [0.15, 0.2) is 13.2 Å². The van der Waals surface area contributed by atoms with Crippen molar-refractivity contribution < 1.29 is 19.1 Å². The number of piperazine rings is 1. The van der Waals surface area contributed by atoms with Crippen LogP contribution in [0.2, 0.25) is 0 Å². The minimum Gasteiger partial charge on any atom is -0.483 e. The fourth-order valence-corrected chi connectivity index (χ4v) is 3.75. The van der Waals surface area contributed by atoms with E-state index in [-0.39, 0.29) is 25.0 Å². The zero-order chi connectivity index (χ0) is 22.4. The van der Waals surface area contributed by atoms with E-state index in [1.54, 1.807) is 9.80 Å². The molecule has 0 spiro atoms. The van der Waals surface area contributed by atoms with Gasteiger partial charge in [-0.25, -0.2) is 0 Å². The molecule has 0 atom stereocenters. The van der Waals surface area contributed by atoms with Gasteiger partial charge < -0.3 is 19.3 Å². The highest BCUT2D eigenvalue weighted by molar-refractivity contribution is 5.80. The van der Waals surface area contributed by atoms with Crippen molar-refractivity contribution in [1.29, 1.82) is 0 Å². The summed E-state index contributed by atoms with van der Waals surface area (Å²) in [5.74, 6) is 1.43. The molecule has 31 heavy (non-hydrogen) atoms. The lowest BCUT2D eigenvalue weighted by Crippen LogP contribution is -2.52. The Kier molecular flexibility index (Phi) is 7.55. The van der Waals surface area contributed by atoms with Crippen LogP contribution < -0.4 is 9.47 Å². The lowest BCUT2D eigenvalue weighted by molar-refractivity contribution is -0.141. The van der Waals surface area contributed by atoms with Crippen LogP contribution in [0.4, 0.5) is 0 Å². The van der Waals surface area contributed by atoms with Crippen LogP contribution in [-0.2, 0) is 16.0 Å². The molecule has 0 saturated carbocycles. The summed E-state index contributed by atoms with van der Waals surface area (Å²) in [6.07, 6.45) is 0.856. The van der Waals surface area contributed by atoms with Crippen molar-refractivity contribution in [2.75, 3.05) is 39.4 Å². The molecule has 0 bridgehead atoms. The van der Waals surface area contributed by atoms with Gasteiger partial charge in [-0.2, -0.15) is 0 Å². The Morgan fingerprint density at radius 1 is 0.806 bits per heavy atom. The summed E-state index contributed by atoms with van der Waals surface area (Å²) in [6.45, 7) is 10.1. The summed E-state index contributed by atoms with van der Waals surface area (Å²) >= 11 is 0. The molecule has 1 saturated heterocycles. The maximum absolute atomic E-state index is 12.6. The van der Waals surface area contributed by atoms with E-state index in [1.807, 2.05) is 51.1 Å². The van der Waals surface area contributed by atoms with E-state index >= 15 is 0 Å². The van der Waals surface area contributed by atoms with Crippen molar-refractivity contribution in [3.8, 4) is 11.5 Å². The molecular formula is C25H32N2O4. The number of hydrogen-bond donors (Lipinski definition) is 0. The Morgan fingerprint density at radius 3 is 1.97 bits per heavy atom. The average molecular weight is 425 g/mol. The Balaban J connectivity index is 1.46. The molecule has 0 aromatic heterocycles. The van der Waals surface area contributed by atoms with Gasteiger partial charge in [0.25, 0.3) is 11.8 Å². The van der Waals surface area contributed by atoms with Gasteiger partial charge in [-0.15, -0.1) is 0 Å². The number of ether oxygens (including phenoxy) is 2. The zero-order valence-corrected chi connectivity index (χ0v) is 18.9. The molecule has 166 valence electrons. The number of rotatable bonds is 7. The van der Waals surface area contributed by atoms with Crippen LogP contribution >= 0.6 is 0 Å². The highest BCUT2D eigenvalue weighted by Crippen LogP contribution is 2.25. The summed E-state index contributed by atoms with van der Waals surface area (Å²) in [5, 5.41) is 0. The maximum atomic E-state index is 12.6. The van der Waals surface area contributed by atoms with Gasteiger partial charge in [0.2, 0.25) is 0 Å². The van der Waals surface area contributed by atoms with Crippen molar-refractivity contribution in [1.82, 2.24) is 9.80 Å². The molecule has 1 aliphatic rings. The molecule has 0 radical (unpaired) electrons. The minimum atomic E-state index is -0.0553. The Labute approximate surface area is 184 Å². The molecule has 1 aliphatic heterocycles. The minimum absolute atomic E-state index is 0.00991. The molecule has 2 aromatic rings. The predicted molar refractivity (Wildman–Crippen MR) is 121 cm³/mol. The molecule has 0 aliphatic carbocycles. The lowest BCUT2D eigenvalue weighted by atomic mass is 10.1. The smallest absolute Gasteiger partial charge is 0.260 e.